The Morgan fingerprint density at radius 2 is 2.10 bits per heavy atom. The van der Waals surface area contributed by atoms with Crippen molar-refractivity contribution in [1.29, 1.82) is 0 Å². The van der Waals surface area contributed by atoms with Gasteiger partial charge in [-0.15, -0.1) is 0 Å². The van der Waals surface area contributed by atoms with Crippen molar-refractivity contribution >= 4 is 11.6 Å². The minimum Gasteiger partial charge on any atom is -0.506 e. The molecule has 0 saturated carbocycles. The normalized spacial score (nSPS) is 16.7. The van der Waals surface area contributed by atoms with Gasteiger partial charge in [-0.05, 0) is 35.8 Å². The van der Waals surface area contributed by atoms with Crippen molar-refractivity contribution in [2.45, 2.75) is 47.0 Å². The summed E-state index contributed by atoms with van der Waals surface area (Å²) in [6, 6.07) is 5.51. The molecule has 1 aromatic rings. The molecule has 3 nitrogen and oxygen atoms in total. The number of phenols is 1. The first-order chi connectivity index (χ1) is 9.30. The maximum absolute atomic E-state index is 12.6. The van der Waals surface area contributed by atoms with Gasteiger partial charge in [-0.25, -0.2) is 0 Å². The molecule has 1 aliphatic heterocycles. The van der Waals surface area contributed by atoms with E-state index in [1.807, 2.05) is 12.1 Å². The first-order valence-electron chi connectivity index (χ1n) is 7.42. The molecule has 1 unspecified atom stereocenters. The Labute approximate surface area is 121 Å². The summed E-state index contributed by atoms with van der Waals surface area (Å²) in [5, 5.41) is 10.1. The van der Waals surface area contributed by atoms with Gasteiger partial charge in [0, 0.05) is 13.0 Å². The number of fused-ring (bicyclic) bond motifs is 1. The van der Waals surface area contributed by atoms with Gasteiger partial charge < -0.3 is 10.0 Å². The van der Waals surface area contributed by atoms with Crippen molar-refractivity contribution in [3.63, 3.8) is 0 Å². The Morgan fingerprint density at radius 1 is 1.40 bits per heavy atom. The summed E-state index contributed by atoms with van der Waals surface area (Å²) in [6.45, 7) is 9.31. The fraction of sp³-hybridized carbons (Fsp3) is 0.588. The molecule has 1 aromatic carbocycles. The predicted octanol–water partition coefficient (Wildman–Crippen LogP) is 3.74. The molecule has 0 saturated heterocycles. The summed E-state index contributed by atoms with van der Waals surface area (Å²) >= 11 is 0. The highest BCUT2D eigenvalue weighted by atomic mass is 16.3. The van der Waals surface area contributed by atoms with Crippen LogP contribution in [0.4, 0.5) is 5.69 Å². The summed E-state index contributed by atoms with van der Waals surface area (Å²) in [5.41, 5.74) is 1.92. The second kappa shape index (κ2) is 5.47. The zero-order valence-corrected chi connectivity index (χ0v) is 12.9. The van der Waals surface area contributed by atoms with Crippen LogP contribution >= 0.6 is 0 Å². The molecule has 0 aromatic heterocycles. The smallest absolute Gasteiger partial charge is 0.227 e. The Kier molecular flexibility index (Phi) is 4.07. The van der Waals surface area contributed by atoms with E-state index >= 15 is 0 Å². The summed E-state index contributed by atoms with van der Waals surface area (Å²) in [4.78, 5) is 14.4. The van der Waals surface area contributed by atoms with Crippen LogP contribution in [0.15, 0.2) is 18.2 Å². The molecule has 0 radical (unpaired) electrons. The number of hydrogen-bond acceptors (Lipinski definition) is 2. The fourth-order valence-corrected chi connectivity index (χ4v) is 2.56. The second-order valence-corrected chi connectivity index (χ2v) is 6.90. The maximum atomic E-state index is 12.6. The minimum absolute atomic E-state index is 0.118. The van der Waals surface area contributed by atoms with Gasteiger partial charge in [0.2, 0.25) is 5.91 Å². The summed E-state index contributed by atoms with van der Waals surface area (Å²) in [6.07, 6.45) is 2.42. The van der Waals surface area contributed by atoms with Crippen LogP contribution in [0.25, 0.3) is 0 Å². The molecule has 1 N–H and O–H groups in total. The highest BCUT2D eigenvalue weighted by molar-refractivity contribution is 5.96. The Bertz CT molecular complexity index is 502. The van der Waals surface area contributed by atoms with Crippen LogP contribution in [0, 0.1) is 11.3 Å². The molecular formula is C17H25NO2. The van der Waals surface area contributed by atoms with Crippen LogP contribution < -0.4 is 4.90 Å². The van der Waals surface area contributed by atoms with Crippen LogP contribution in [-0.4, -0.2) is 17.6 Å². The van der Waals surface area contributed by atoms with Crippen LogP contribution in [0.3, 0.4) is 0 Å². The van der Waals surface area contributed by atoms with Gasteiger partial charge in [0.15, 0.2) is 0 Å². The molecular weight excluding hydrogens is 250 g/mol. The van der Waals surface area contributed by atoms with E-state index in [1.165, 1.54) is 0 Å². The lowest BCUT2D eigenvalue weighted by atomic mass is 9.80. The third-order valence-corrected chi connectivity index (χ3v) is 4.46. The number of amides is 1. The SMILES string of the molecule is CC(CC(=O)N1CCCc2cccc(O)c21)C(C)(C)C. The largest absolute Gasteiger partial charge is 0.506 e. The summed E-state index contributed by atoms with van der Waals surface area (Å²) in [7, 11) is 0. The average molecular weight is 275 g/mol. The lowest BCUT2D eigenvalue weighted by Gasteiger charge is -2.33. The van der Waals surface area contributed by atoms with Crippen LogP contribution in [0.1, 0.15) is 46.1 Å². The fourth-order valence-electron chi connectivity index (χ4n) is 2.56. The van der Waals surface area contributed by atoms with Gasteiger partial charge in [-0.1, -0.05) is 39.8 Å². The van der Waals surface area contributed by atoms with E-state index in [9.17, 15) is 9.90 Å². The van der Waals surface area contributed by atoms with Crippen LogP contribution in [0.2, 0.25) is 0 Å². The molecule has 20 heavy (non-hydrogen) atoms. The standard InChI is InChI=1S/C17H25NO2/c1-12(17(2,3)4)11-15(20)18-10-6-8-13-7-5-9-14(19)16(13)18/h5,7,9,12,19H,6,8,10-11H2,1-4H3. The predicted molar refractivity (Wildman–Crippen MR) is 82.0 cm³/mol. The Morgan fingerprint density at radius 3 is 2.75 bits per heavy atom. The van der Waals surface area contributed by atoms with Gasteiger partial charge in [0.05, 0.1) is 5.69 Å². The van der Waals surface area contributed by atoms with E-state index in [1.54, 1.807) is 11.0 Å². The zero-order valence-electron chi connectivity index (χ0n) is 12.9. The number of hydrogen-bond donors (Lipinski definition) is 1. The zero-order chi connectivity index (χ0) is 14.9. The quantitative estimate of drug-likeness (QED) is 0.893. The number of para-hydroxylation sites is 1. The molecule has 110 valence electrons. The van der Waals surface area contributed by atoms with Crippen molar-refractivity contribution in [1.82, 2.24) is 0 Å². The average Bonchev–Trinajstić information content (AvgIpc) is 2.37. The van der Waals surface area contributed by atoms with E-state index in [-0.39, 0.29) is 17.1 Å². The highest BCUT2D eigenvalue weighted by Gasteiger charge is 2.29. The molecule has 0 fully saturated rings. The van der Waals surface area contributed by atoms with Crippen molar-refractivity contribution in [2.24, 2.45) is 11.3 Å². The maximum Gasteiger partial charge on any atom is 0.227 e. The molecule has 1 amide bonds. The van der Waals surface area contributed by atoms with E-state index in [2.05, 4.69) is 27.7 Å². The van der Waals surface area contributed by atoms with E-state index < -0.39 is 0 Å². The summed E-state index contributed by atoms with van der Waals surface area (Å²) < 4.78 is 0. The van der Waals surface area contributed by atoms with Gasteiger partial charge in [0.1, 0.15) is 5.75 Å². The molecule has 0 spiro atoms. The molecule has 2 rings (SSSR count). The molecule has 1 heterocycles. The highest BCUT2D eigenvalue weighted by Crippen LogP contribution is 2.37. The van der Waals surface area contributed by atoms with E-state index in [0.717, 1.165) is 24.1 Å². The molecule has 0 aliphatic carbocycles. The number of carbonyl (C=O) groups excluding carboxylic acids is 1. The number of phenolic OH excluding ortho intramolecular Hbond substituents is 1. The second-order valence-electron chi connectivity index (χ2n) is 6.90. The lowest BCUT2D eigenvalue weighted by Crippen LogP contribution is -2.37. The van der Waals surface area contributed by atoms with Gasteiger partial charge in [-0.2, -0.15) is 0 Å². The van der Waals surface area contributed by atoms with Crippen LogP contribution in [0.5, 0.6) is 5.75 Å². The van der Waals surface area contributed by atoms with E-state index in [4.69, 9.17) is 0 Å². The number of rotatable bonds is 2. The molecule has 0 bridgehead atoms. The monoisotopic (exact) mass is 275 g/mol. The third-order valence-electron chi connectivity index (χ3n) is 4.46. The van der Waals surface area contributed by atoms with E-state index in [0.29, 0.717) is 18.9 Å². The first kappa shape index (κ1) is 14.9. The van der Waals surface area contributed by atoms with Crippen molar-refractivity contribution < 1.29 is 9.90 Å². The number of aryl methyl sites for hydroxylation is 1. The Hall–Kier alpha value is -1.51. The van der Waals surface area contributed by atoms with Crippen molar-refractivity contribution in [2.75, 3.05) is 11.4 Å². The molecule has 1 atom stereocenters. The Balaban J connectivity index is 2.21. The lowest BCUT2D eigenvalue weighted by molar-refractivity contribution is -0.120. The van der Waals surface area contributed by atoms with Crippen LogP contribution in [-0.2, 0) is 11.2 Å². The number of anilines is 1. The number of aromatic hydroxyl groups is 1. The number of benzene rings is 1. The first-order valence-corrected chi connectivity index (χ1v) is 7.42. The molecule has 1 aliphatic rings. The van der Waals surface area contributed by atoms with Gasteiger partial charge in [0.25, 0.3) is 0 Å². The third kappa shape index (κ3) is 2.97. The number of nitrogens with zero attached hydrogens (tertiary/aromatic N) is 1. The van der Waals surface area contributed by atoms with Gasteiger partial charge in [-0.3, -0.25) is 4.79 Å². The number of carbonyl (C=O) groups is 1. The minimum atomic E-state index is 0.118. The van der Waals surface area contributed by atoms with Gasteiger partial charge >= 0.3 is 0 Å². The van der Waals surface area contributed by atoms with Crippen molar-refractivity contribution in [3.8, 4) is 5.75 Å². The summed E-state index contributed by atoms with van der Waals surface area (Å²) in [5.74, 6) is 0.653. The van der Waals surface area contributed by atoms with Crippen molar-refractivity contribution in [3.05, 3.63) is 23.8 Å². The topological polar surface area (TPSA) is 40.5 Å². The molecule has 3 heteroatoms.